The summed E-state index contributed by atoms with van der Waals surface area (Å²) in [6.45, 7) is -0.917. The molecule has 7 nitrogen and oxygen atoms in total. The van der Waals surface area contributed by atoms with Crippen LogP contribution in [0.4, 0.5) is 27.6 Å². The minimum atomic E-state index is -4.16. The van der Waals surface area contributed by atoms with E-state index in [-0.39, 0.29) is 0 Å². The van der Waals surface area contributed by atoms with Crippen LogP contribution in [0.5, 0.6) is 0 Å². The molecule has 0 spiro atoms. The number of hydrogen-bond donors (Lipinski definition) is 2. The Balaban J connectivity index is 1.31. The third kappa shape index (κ3) is 6.52. The molecule has 0 radical (unpaired) electrons. The highest BCUT2D eigenvalue weighted by molar-refractivity contribution is 5.46. The smallest absolute Gasteiger partial charge is 0.323 e. The molecule has 0 amide bonds. The molecule has 0 aliphatic rings. The van der Waals surface area contributed by atoms with E-state index >= 15 is 8.78 Å². The molecule has 43 heavy (non-hydrogen) atoms. The van der Waals surface area contributed by atoms with Crippen molar-refractivity contribution in [3.63, 3.8) is 0 Å². The number of anilines is 1. The lowest BCUT2D eigenvalue weighted by molar-refractivity contribution is -0.207. The van der Waals surface area contributed by atoms with E-state index in [1.807, 2.05) is 24.3 Å². The summed E-state index contributed by atoms with van der Waals surface area (Å²) < 4.78 is 73.4. The van der Waals surface area contributed by atoms with Crippen LogP contribution in [-0.4, -0.2) is 30.3 Å². The van der Waals surface area contributed by atoms with Gasteiger partial charge in [-0.1, -0.05) is 36.1 Å². The van der Waals surface area contributed by atoms with Gasteiger partial charge in [-0.3, -0.25) is 4.98 Å². The number of halogens is 5. The van der Waals surface area contributed by atoms with Crippen LogP contribution in [-0.2, 0) is 31.3 Å². The highest BCUT2D eigenvalue weighted by Crippen LogP contribution is 2.46. The molecule has 12 heteroatoms. The number of nitrogens with zero attached hydrogens (tertiary/aromatic N) is 5. The SMILES string of the molecule is OC(Cn1cnnn1)(c1ccc(F)cc1F)C(F)(F)c1ccc(C#Cc2ccc(CNc3ccc(CF)cc3)cc2)cn1. The molecule has 2 heterocycles. The van der Waals surface area contributed by atoms with E-state index in [1.165, 1.54) is 6.07 Å². The maximum Gasteiger partial charge on any atom is 0.323 e. The summed E-state index contributed by atoms with van der Waals surface area (Å²) in [6, 6.07) is 18.6. The molecule has 0 aliphatic carbocycles. The second-order valence-electron chi connectivity index (χ2n) is 9.63. The Morgan fingerprint density at radius 1 is 0.860 bits per heavy atom. The van der Waals surface area contributed by atoms with Crippen LogP contribution >= 0.6 is 0 Å². The van der Waals surface area contributed by atoms with E-state index in [9.17, 15) is 18.3 Å². The van der Waals surface area contributed by atoms with Gasteiger partial charge in [0, 0.05) is 41.2 Å². The Kier molecular flexibility index (Phi) is 8.45. The van der Waals surface area contributed by atoms with E-state index in [0.717, 1.165) is 46.7 Å². The number of tetrazole rings is 1. The van der Waals surface area contributed by atoms with Crippen LogP contribution in [0.3, 0.4) is 0 Å². The predicted octanol–water partition coefficient (Wildman–Crippen LogP) is 5.51. The number of aliphatic hydroxyl groups is 1. The largest absolute Gasteiger partial charge is 0.381 e. The Bertz CT molecular complexity index is 1740. The number of alkyl halides is 3. The lowest BCUT2D eigenvalue weighted by atomic mass is 9.84. The van der Waals surface area contributed by atoms with Crippen LogP contribution in [0.1, 0.15) is 33.5 Å². The average molecular weight is 591 g/mol. The summed E-state index contributed by atoms with van der Waals surface area (Å²) in [5, 5.41) is 24.7. The van der Waals surface area contributed by atoms with E-state index in [1.54, 1.807) is 24.3 Å². The average Bonchev–Trinajstić information content (AvgIpc) is 3.52. The van der Waals surface area contributed by atoms with E-state index in [4.69, 9.17) is 0 Å². The Morgan fingerprint density at radius 3 is 2.19 bits per heavy atom. The van der Waals surface area contributed by atoms with Gasteiger partial charge in [-0.05, 0) is 70.1 Å². The van der Waals surface area contributed by atoms with E-state index < -0.39 is 47.6 Å². The first-order valence-corrected chi connectivity index (χ1v) is 12.9. The van der Waals surface area contributed by atoms with Gasteiger partial charge < -0.3 is 10.4 Å². The molecule has 0 fully saturated rings. The maximum absolute atomic E-state index is 15.9. The molecule has 0 aliphatic heterocycles. The predicted molar refractivity (Wildman–Crippen MR) is 147 cm³/mol. The lowest BCUT2D eigenvalue weighted by Crippen LogP contribution is -2.48. The molecule has 5 rings (SSSR count). The number of pyridine rings is 1. The summed E-state index contributed by atoms with van der Waals surface area (Å²) in [4.78, 5) is 3.81. The van der Waals surface area contributed by atoms with Crippen LogP contribution in [0.2, 0.25) is 0 Å². The number of nitrogens with one attached hydrogen (secondary N) is 1. The monoisotopic (exact) mass is 590 g/mol. The highest BCUT2D eigenvalue weighted by Gasteiger charge is 2.58. The van der Waals surface area contributed by atoms with Crippen molar-refractivity contribution in [2.75, 3.05) is 5.32 Å². The highest BCUT2D eigenvalue weighted by atomic mass is 19.3. The summed E-state index contributed by atoms with van der Waals surface area (Å²) >= 11 is 0. The van der Waals surface area contributed by atoms with Gasteiger partial charge in [0.2, 0.25) is 0 Å². The summed E-state index contributed by atoms with van der Waals surface area (Å²) in [7, 11) is 0. The normalized spacial score (nSPS) is 12.7. The zero-order valence-corrected chi connectivity index (χ0v) is 22.4. The molecule has 5 aromatic rings. The van der Waals surface area contributed by atoms with Crippen LogP contribution in [0.15, 0.2) is 91.4 Å². The quantitative estimate of drug-likeness (QED) is 0.174. The number of aromatic nitrogens is 5. The van der Waals surface area contributed by atoms with Crippen LogP contribution in [0.25, 0.3) is 0 Å². The summed E-state index contributed by atoms with van der Waals surface area (Å²) in [5.41, 5.74) is -1.50. The number of rotatable bonds is 9. The third-order valence-electron chi connectivity index (χ3n) is 6.67. The first kappa shape index (κ1) is 29.3. The fourth-order valence-electron chi connectivity index (χ4n) is 4.30. The van der Waals surface area contributed by atoms with Crippen molar-refractivity contribution in [1.82, 2.24) is 25.2 Å². The van der Waals surface area contributed by atoms with Crippen LogP contribution in [0, 0.1) is 23.5 Å². The second kappa shape index (κ2) is 12.4. The van der Waals surface area contributed by atoms with Gasteiger partial charge in [-0.25, -0.2) is 17.9 Å². The van der Waals surface area contributed by atoms with Gasteiger partial charge in [-0.2, -0.15) is 8.78 Å². The van der Waals surface area contributed by atoms with Gasteiger partial charge in [0.25, 0.3) is 0 Å². The van der Waals surface area contributed by atoms with Gasteiger partial charge in [0.05, 0.1) is 6.54 Å². The molecular formula is C31H23F5N6O. The molecule has 0 saturated carbocycles. The lowest BCUT2D eigenvalue weighted by Gasteiger charge is -2.35. The van der Waals surface area contributed by atoms with E-state index in [2.05, 4.69) is 37.7 Å². The summed E-state index contributed by atoms with van der Waals surface area (Å²) in [5.74, 6) is -0.740. The van der Waals surface area contributed by atoms with Crippen molar-refractivity contribution in [3.05, 3.63) is 137 Å². The zero-order valence-electron chi connectivity index (χ0n) is 22.4. The van der Waals surface area contributed by atoms with Gasteiger partial charge in [0.15, 0.2) is 5.60 Å². The fraction of sp³-hybridized carbons (Fsp3) is 0.161. The van der Waals surface area contributed by atoms with Crippen molar-refractivity contribution < 1.29 is 27.1 Å². The second-order valence-corrected chi connectivity index (χ2v) is 9.63. The van der Waals surface area contributed by atoms with Crippen LogP contribution < -0.4 is 5.32 Å². The summed E-state index contributed by atoms with van der Waals surface area (Å²) in [6.07, 6.45) is 2.09. The van der Waals surface area contributed by atoms with Crippen molar-refractivity contribution in [1.29, 1.82) is 0 Å². The first-order valence-electron chi connectivity index (χ1n) is 12.9. The third-order valence-corrected chi connectivity index (χ3v) is 6.67. The van der Waals surface area contributed by atoms with Gasteiger partial charge in [-0.15, -0.1) is 5.10 Å². The van der Waals surface area contributed by atoms with E-state index in [0.29, 0.717) is 29.3 Å². The molecule has 1 atom stereocenters. The zero-order chi connectivity index (χ0) is 30.5. The fourth-order valence-corrected chi connectivity index (χ4v) is 4.30. The molecule has 3 aromatic carbocycles. The number of benzene rings is 3. The topological polar surface area (TPSA) is 88.8 Å². The minimum Gasteiger partial charge on any atom is -0.381 e. The molecule has 0 saturated heterocycles. The molecule has 2 N–H and O–H groups in total. The molecule has 0 bridgehead atoms. The first-order chi connectivity index (χ1) is 20.7. The van der Waals surface area contributed by atoms with Gasteiger partial charge >= 0.3 is 5.92 Å². The van der Waals surface area contributed by atoms with Crippen molar-refractivity contribution in [3.8, 4) is 11.8 Å². The minimum absolute atomic E-state index is 0.319. The van der Waals surface area contributed by atoms with Crippen molar-refractivity contribution >= 4 is 5.69 Å². The molecular weight excluding hydrogens is 567 g/mol. The Morgan fingerprint density at radius 2 is 1.56 bits per heavy atom. The Labute approximate surface area is 243 Å². The molecule has 1 unspecified atom stereocenters. The standard InChI is InChI=1S/C31H23F5N6O/c32-16-22-7-11-26(12-8-22)37-17-23-4-1-21(2-5-23)3-6-24-9-14-29(38-18-24)31(35,36)30(43,19-42-20-39-40-41-42)27-13-10-25(33)15-28(27)34/h1-2,4-5,7-15,18,20,37,43H,16-17,19H2. The number of hydrogen-bond acceptors (Lipinski definition) is 6. The maximum atomic E-state index is 15.9. The Hall–Kier alpha value is -5.15. The van der Waals surface area contributed by atoms with Crippen molar-refractivity contribution in [2.45, 2.75) is 31.3 Å². The molecule has 218 valence electrons. The molecule has 2 aromatic heterocycles. The van der Waals surface area contributed by atoms with Gasteiger partial charge in [0.1, 0.15) is 30.3 Å². The van der Waals surface area contributed by atoms with Crippen molar-refractivity contribution in [2.24, 2.45) is 0 Å².